The molecule has 1 unspecified atom stereocenters. The van der Waals surface area contributed by atoms with Crippen LogP contribution < -0.4 is 0 Å². The van der Waals surface area contributed by atoms with Crippen LogP contribution in [0.2, 0.25) is 5.02 Å². The van der Waals surface area contributed by atoms with E-state index in [9.17, 15) is 9.18 Å². The number of carbonyl (C=O) groups is 1. The second-order valence-electron chi connectivity index (χ2n) is 5.30. The van der Waals surface area contributed by atoms with E-state index < -0.39 is 5.82 Å². The van der Waals surface area contributed by atoms with E-state index in [4.69, 9.17) is 21.1 Å². The fraction of sp³-hybridized carbons (Fsp3) is 0.533. The highest BCUT2D eigenvalue weighted by Crippen LogP contribution is 2.28. The number of hydrogen-bond donors (Lipinski definition) is 0. The van der Waals surface area contributed by atoms with Gasteiger partial charge in [0.2, 0.25) is 0 Å². The molecule has 0 saturated carbocycles. The summed E-state index contributed by atoms with van der Waals surface area (Å²) in [5.41, 5.74) is 0.322. The highest BCUT2D eigenvalue weighted by Gasteiger charge is 2.36. The van der Waals surface area contributed by atoms with Crippen molar-refractivity contribution in [2.24, 2.45) is 0 Å². The van der Waals surface area contributed by atoms with Gasteiger partial charge in [0.15, 0.2) is 6.29 Å². The van der Waals surface area contributed by atoms with Crippen LogP contribution in [-0.2, 0) is 9.47 Å². The number of halogens is 2. The van der Waals surface area contributed by atoms with Crippen LogP contribution in [-0.4, -0.2) is 42.9 Å². The number of ether oxygens (including phenoxy) is 2. The summed E-state index contributed by atoms with van der Waals surface area (Å²) in [4.78, 5) is 14.5. The minimum Gasteiger partial charge on any atom is -0.348 e. The fourth-order valence-electron chi connectivity index (χ4n) is 2.91. The normalized spacial score (nSPS) is 23.5. The molecule has 2 fully saturated rings. The molecule has 0 radical (unpaired) electrons. The Balaban J connectivity index is 1.83. The summed E-state index contributed by atoms with van der Waals surface area (Å²) in [6, 6.07) is 3.74. The van der Waals surface area contributed by atoms with E-state index in [0.717, 1.165) is 25.3 Å². The van der Waals surface area contributed by atoms with Gasteiger partial charge in [-0.25, -0.2) is 4.39 Å². The second kappa shape index (κ2) is 6.30. The highest BCUT2D eigenvalue weighted by molar-refractivity contribution is 6.33. The summed E-state index contributed by atoms with van der Waals surface area (Å²) < 4.78 is 24.2. The van der Waals surface area contributed by atoms with Gasteiger partial charge in [0.25, 0.3) is 5.91 Å². The molecule has 1 aromatic carbocycles. The summed E-state index contributed by atoms with van der Waals surface area (Å²) in [5.74, 6) is -0.641. The molecule has 1 atom stereocenters. The van der Waals surface area contributed by atoms with Crippen LogP contribution in [0.25, 0.3) is 0 Å². The van der Waals surface area contributed by atoms with Crippen LogP contribution in [0.1, 0.15) is 29.6 Å². The quantitative estimate of drug-likeness (QED) is 0.843. The molecule has 114 valence electrons. The first kappa shape index (κ1) is 14.8. The summed E-state index contributed by atoms with van der Waals surface area (Å²) in [7, 11) is 0. The molecule has 1 amide bonds. The molecular weight excluding hydrogens is 297 g/mol. The Morgan fingerprint density at radius 2 is 2.05 bits per heavy atom. The van der Waals surface area contributed by atoms with Crippen molar-refractivity contribution in [2.75, 3.05) is 19.8 Å². The average Bonchev–Trinajstić information content (AvgIpc) is 3.01. The third kappa shape index (κ3) is 3.05. The summed E-state index contributed by atoms with van der Waals surface area (Å²) >= 11 is 6.00. The number of hydrogen-bond acceptors (Lipinski definition) is 3. The van der Waals surface area contributed by atoms with E-state index in [1.165, 1.54) is 12.1 Å². The van der Waals surface area contributed by atoms with Crippen molar-refractivity contribution < 1.29 is 18.7 Å². The molecule has 0 N–H and O–H groups in total. The maximum atomic E-state index is 13.1. The second-order valence-corrected chi connectivity index (χ2v) is 5.70. The molecule has 4 nitrogen and oxygen atoms in total. The van der Waals surface area contributed by atoms with Gasteiger partial charge in [0.05, 0.1) is 29.8 Å². The number of benzene rings is 1. The Hall–Kier alpha value is -1.17. The number of nitrogens with zero attached hydrogens (tertiary/aromatic N) is 1. The van der Waals surface area contributed by atoms with Gasteiger partial charge in [0, 0.05) is 6.54 Å². The third-order valence-electron chi connectivity index (χ3n) is 3.93. The first-order valence-corrected chi connectivity index (χ1v) is 7.54. The summed E-state index contributed by atoms with van der Waals surface area (Å²) in [6.07, 6.45) is 2.45. The van der Waals surface area contributed by atoms with E-state index >= 15 is 0 Å². The van der Waals surface area contributed by atoms with Crippen molar-refractivity contribution in [2.45, 2.75) is 31.6 Å². The monoisotopic (exact) mass is 313 g/mol. The smallest absolute Gasteiger partial charge is 0.255 e. The number of carbonyl (C=O) groups excluding carboxylic acids is 1. The molecule has 21 heavy (non-hydrogen) atoms. The van der Waals surface area contributed by atoms with Crippen LogP contribution in [0, 0.1) is 5.82 Å². The van der Waals surface area contributed by atoms with Gasteiger partial charge < -0.3 is 14.4 Å². The Labute approximate surface area is 127 Å². The molecule has 0 bridgehead atoms. The number of rotatable bonds is 2. The Morgan fingerprint density at radius 1 is 1.29 bits per heavy atom. The van der Waals surface area contributed by atoms with Crippen molar-refractivity contribution >= 4 is 17.5 Å². The van der Waals surface area contributed by atoms with Gasteiger partial charge in [0.1, 0.15) is 5.82 Å². The van der Waals surface area contributed by atoms with Gasteiger partial charge in [-0.3, -0.25) is 4.79 Å². The number of piperidine rings is 1. The lowest BCUT2D eigenvalue weighted by molar-refractivity contribution is -0.100. The van der Waals surface area contributed by atoms with E-state index in [-0.39, 0.29) is 23.3 Å². The van der Waals surface area contributed by atoms with Crippen LogP contribution in [0.3, 0.4) is 0 Å². The van der Waals surface area contributed by atoms with E-state index in [0.29, 0.717) is 25.3 Å². The minimum absolute atomic E-state index is 0.102. The molecule has 6 heteroatoms. The lowest BCUT2D eigenvalue weighted by Crippen LogP contribution is -2.50. The van der Waals surface area contributed by atoms with Crippen molar-refractivity contribution in [1.29, 1.82) is 0 Å². The molecule has 0 aromatic heterocycles. The lowest BCUT2D eigenvalue weighted by Gasteiger charge is -2.38. The molecule has 2 saturated heterocycles. The largest absolute Gasteiger partial charge is 0.348 e. The maximum Gasteiger partial charge on any atom is 0.255 e. The SMILES string of the molecule is O=C(c1ccc(F)cc1Cl)N1CCCCC1C1OCCO1. The topological polar surface area (TPSA) is 38.8 Å². The van der Waals surface area contributed by atoms with Crippen molar-refractivity contribution in [3.8, 4) is 0 Å². The fourth-order valence-corrected chi connectivity index (χ4v) is 3.16. The maximum absolute atomic E-state index is 13.1. The molecule has 0 spiro atoms. The van der Waals surface area contributed by atoms with E-state index in [1.807, 2.05) is 0 Å². The van der Waals surface area contributed by atoms with Gasteiger partial charge in [-0.05, 0) is 37.5 Å². The average molecular weight is 314 g/mol. The first-order valence-electron chi connectivity index (χ1n) is 7.16. The highest BCUT2D eigenvalue weighted by atomic mass is 35.5. The van der Waals surface area contributed by atoms with Gasteiger partial charge in [-0.15, -0.1) is 0 Å². The standard InChI is InChI=1S/C15H17ClFNO3/c16-12-9-10(17)4-5-11(12)14(19)18-6-2-1-3-13(18)15-20-7-8-21-15/h4-5,9,13,15H,1-3,6-8H2. The Kier molecular flexibility index (Phi) is 4.42. The van der Waals surface area contributed by atoms with Crippen LogP contribution in [0.5, 0.6) is 0 Å². The predicted octanol–water partition coefficient (Wildman–Crippen LogP) is 2.85. The van der Waals surface area contributed by atoms with E-state index in [2.05, 4.69) is 0 Å². The van der Waals surface area contributed by atoms with Crippen LogP contribution >= 0.6 is 11.6 Å². The van der Waals surface area contributed by atoms with Crippen molar-refractivity contribution in [1.82, 2.24) is 4.90 Å². The van der Waals surface area contributed by atoms with Crippen molar-refractivity contribution in [3.63, 3.8) is 0 Å². The number of amides is 1. The molecule has 3 rings (SSSR count). The van der Waals surface area contributed by atoms with Gasteiger partial charge in [-0.1, -0.05) is 11.6 Å². The number of likely N-dealkylation sites (tertiary alicyclic amines) is 1. The molecular formula is C15H17ClFNO3. The molecule has 0 aliphatic carbocycles. The Bertz CT molecular complexity index is 534. The molecule has 1 aromatic rings. The lowest BCUT2D eigenvalue weighted by atomic mass is 10.00. The zero-order chi connectivity index (χ0) is 14.8. The minimum atomic E-state index is -0.450. The predicted molar refractivity (Wildman–Crippen MR) is 75.8 cm³/mol. The zero-order valence-corrected chi connectivity index (χ0v) is 12.3. The van der Waals surface area contributed by atoms with Crippen LogP contribution in [0.4, 0.5) is 4.39 Å². The van der Waals surface area contributed by atoms with E-state index in [1.54, 1.807) is 4.90 Å². The van der Waals surface area contributed by atoms with Crippen molar-refractivity contribution in [3.05, 3.63) is 34.6 Å². The molecule has 2 aliphatic heterocycles. The summed E-state index contributed by atoms with van der Waals surface area (Å²) in [6.45, 7) is 1.75. The molecule has 2 heterocycles. The summed E-state index contributed by atoms with van der Waals surface area (Å²) in [5, 5.41) is 0.137. The molecule has 2 aliphatic rings. The van der Waals surface area contributed by atoms with Gasteiger partial charge >= 0.3 is 0 Å². The first-order chi connectivity index (χ1) is 10.2. The Morgan fingerprint density at radius 3 is 2.76 bits per heavy atom. The zero-order valence-electron chi connectivity index (χ0n) is 11.6. The van der Waals surface area contributed by atoms with Gasteiger partial charge in [-0.2, -0.15) is 0 Å². The third-order valence-corrected chi connectivity index (χ3v) is 4.25. The van der Waals surface area contributed by atoms with Crippen LogP contribution in [0.15, 0.2) is 18.2 Å².